The van der Waals surface area contributed by atoms with Crippen LogP contribution in [0.4, 0.5) is 4.79 Å². The van der Waals surface area contributed by atoms with Crippen LogP contribution in [-0.2, 0) is 16.1 Å². The number of carbonyl (C=O) groups excluding carboxylic acids is 4. The molecule has 1 saturated heterocycles. The number of hydrogen-bond acceptors (Lipinski definition) is 5. The molecule has 1 aromatic rings. The van der Waals surface area contributed by atoms with Gasteiger partial charge in [0.25, 0.3) is 5.91 Å². The maximum absolute atomic E-state index is 13.0. The van der Waals surface area contributed by atoms with Crippen LogP contribution in [0.2, 0.25) is 0 Å². The monoisotopic (exact) mass is 439 g/mol. The molecule has 2 heterocycles. The van der Waals surface area contributed by atoms with Crippen molar-refractivity contribution >= 4 is 23.8 Å². The maximum atomic E-state index is 13.0. The molecular formula is C24H29N3O5. The van der Waals surface area contributed by atoms with Gasteiger partial charge in [-0.25, -0.2) is 4.79 Å². The van der Waals surface area contributed by atoms with Crippen LogP contribution in [0.15, 0.2) is 18.2 Å². The highest BCUT2D eigenvalue weighted by atomic mass is 16.6. The number of rotatable bonds is 3. The predicted octanol–water partition coefficient (Wildman–Crippen LogP) is 2.85. The van der Waals surface area contributed by atoms with Crippen LogP contribution in [-0.4, -0.2) is 52.2 Å². The van der Waals surface area contributed by atoms with E-state index < -0.39 is 18.0 Å². The maximum Gasteiger partial charge on any atom is 0.415 e. The first-order valence-electron chi connectivity index (χ1n) is 11.2. The lowest BCUT2D eigenvalue weighted by molar-refractivity contribution is -0.251. The van der Waals surface area contributed by atoms with Crippen LogP contribution < -0.4 is 10.1 Å². The standard InChI is InChI=1S/C24H29N3O5/c1-22(2,3)23-11-24(12-23,13-23)26(4)21(31)32-15-6-5-14-10-27(20(30)16(14)9-15)17-7-8-18(28)25-19(17)29/h5-6,9,17H,7-8,10-13H2,1-4H3,(H,25,28,29). The number of carbonyl (C=O) groups is 4. The Kier molecular flexibility index (Phi) is 4.30. The van der Waals surface area contributed by atoms with Gasteiger partial charge in [-0.15, -0.1) is 0 Å². The van der Waals surface area contributed by atoms with Gasteiger partial charge in [-0.05, 0) is 54.2 Å². The largest absolute Gasteiger partial charge is 0.415 e. The average molecular weight is 440 g/mol. The molecule has 0 spiro atoms. The molecule has 1 unspecified atom stereocenters. The van der Waals surface area contributed by atoms with Crippen molar-refractivity contribution in [3.8, 4) is 5.75 Å². The van der Waals surface area contributed by atoms with Crippen molar-refractivity contribution in [2.45, 2.75) is 71.0 Å². The minimum absolute atomic E-state index is 0.112. The highest BCUT2D eigenvalue weighted by Crippen LogP contribution is 2.75. The predicted molar refractivity (Wildman–Crippen MR) is 115 cm³/mol. The Hall–Kier alpha value is -2.90. The summed E-state index contributed by atoms with van der Waals surface area (Å²) in [4.78, 5) is 52.6. The number of benzene rings is 1. The number of fused-ring (bicyclic) bond motifs is 1. The van der Waals surface area contributed by atoms with Gasteiger partial charge in [-0.1, -0.05) is 26.8 Å². The van der Waals surface area contributed by atoms with Crippen molar-refractivity contribution in [1.29, 1.82) is 0 Å². The number of nitrogens with one attached hydrogen (secondary N) is 1. The van der Waals surface area contributed by atoms with Gasteiger partial charge in [0.1, 0.15) is 11.8 Å². The molecule has 8 nitrogen and oxygen atoms in total. The molecule has 5 aliphatic rings. The lowest BCUT2D eigenvalue weighted by atomic mass is 9.32. The van der Waals surface area contributed by atoms with Gasteiger partial charge in [0, 0.05) is 31.1 Å². The molecule has 4 amide bonds. The van der Waals surface area contributed by atoms with Gasteiger partial charge in [0.2, 0.25) is 11.8 Å². The first-order valence-corrected chi connectivity index (χ1v) is 11.2. The van der Waals surface area contributed by atoms with E-state index in [1.165, 1.54) is 4.90 Å². The molecule has 3 aliphatic carbocycles. The van der Waals surface area contributed by atoms with E-state index in [1.807, 2.05) is 0 Å². The van der Waals surface area contributed by atoms with Crippen LogP contribution in [0.1, 0.15) is 68.8 Å². The summed E-state index contributed by atoms with van der Waals surface area (Å²) in [6, 6.07) is 4.36. The molecule has 2 bridgehead atoms. The summed E-state index contributed by atoms with van der Waals surface area (Å²) in [7, 11) is 1.79. The SMILES string of the molecule is CN(C(=O)Oc1ccc2c(c1)C(=O)N(C1CCC(=O)NC1=O)C2)C12CC(C(C)(C)C)(C1)C2. The number of amides is 4. The highest BCUT2D eigenvalue weighted by molar-refractivity contribution is 6.05. The molecule has 32 heavy (non-hydrogen) atoms. The van der Waals surface area contributed by atoms with Crippen LogP contribution in [0.25, 0.3) is 0 Å². The number of nitrogens with zero attached hydrogens (tertiary/aromatic N) is 2. The molecule has 8 heteroatoms. The van der Waals surface area contributed by atoms with E-state index >= 15 is 0 Å². The summed E-state index contributed by atoms with van der Waals surface area (Å²) in [5.41, 5.74) is 1.65. The fourth-order valence-electron chi connectivity index (χ4n) is 5.85. The molecule has 1 atom stereocenters. The summed E-state index contributed by atoms with van der Waals surface area (Å²) >= 11 is 0. The Morgan fingerprint density at radius 2 is 1.88 bits per heavy atom. The average Bonchev–Trinajstić information content (AvgIpc) is 2.94. The molecule has 6 rings (SSSR count). The summed E-state index contributed by atoms with van der Waals surface area (Å²) < 4.78 is 5.62. The minimum Gasteiger partial charge on any atom is -0.410 e. The minimum atomic E-state index is -0.663. The van der Waals surface area contributed by atoms with E-state index in [-0.39, 0.29) is 29.2 Å². The Morgan fingerprint density at radius 1 is 1.19 bits per heavy atom. The third-order valence-electron chi connectivity index (χ3n) is 8.28. The smallest absolute Gasteiger partial charge is 0.410 e. The highest BCUT2D eigenvalue weighted by Gasteiger charge is 2.74. The van der Waals surface area contributed by atoms with Gasteiger partial charge in [-0.2, -0.15) is 0 Å². The van der Waals surface area contributed by atoms with Gasteiger partial charge in [0.15, 0.2) is 0 Å². The van der Waals surface area contributed by atoms with Gasteiger partial charge >= 0.3 is 6.09 Å². The molecular weight excluding hydrogens is 410 g/mol. The van der Waals surface area contributed by atoms with Crippen molar-refractivity contribution in [1.82, 2.24) is 15.1 Å². The van der Waals surface area contributed by atoms with Crippen molar-refractivity contribution in [3.05, 3.63) is 29.3 Å². The fraction of sp³-hybridized carbons (Fsp3) is 0.583. The van der Waals surface area contributed by atoms with E-state index in [9.17, 15) is 19.2 Å². The zero-order chi connectivity index (χ0) is 23.1. The number of piperidine rings is 1. The Bertz CT molecular complexity index is 1040. The Balaban J connectivity index is 1.25. The van der Waals surface area contributed by atoms with Crippen molar-refractivity contribution in [2.24, 2.45) is 10.8 Å². The molecule has 2 aliphatic heterocycles. The van der Waals surface area contributed by atoms with E-state index in [0.29, 0.717) is 29.7 Å². The number of imide groups is 1. The lowest BCUT2D eigenvalue weighted by Gasteiger charge is -2.77. The number of ether oxygens (including phenoxy) is 1. The molecule has 4 fully saturated rings. The second-order valence-electron chi connectivity index (χ2n) is 10.9. The normalized spacial score (nSPS) is 30.8. The van der Waals surface area contributed by atoms with Crippen LogP contribution in [0.3, 0.4) is 0 Å². The van der Waals surface area contributed by atoms with Gasteiger partial charge in [-0.3, -0.25) is 19.7 Å². The molecule has 1 aromatic carbocycles. The topological polar surface area (TPSA) is 96.0 Å². The quantitative estimate of drug-likeness (QED) is 0.731. The zero-order valence-electron chi connectivity index (χ0n) is 19.0. The first kappa shape index (κ1) is 21.0. The molecule has 0 radical (unpaired) electrons. The summed E-state index contributed by atoms with van der Waals surface area (Å²) in [6.07, 6.45) is 3.11. The van der Waals surface area contributed by atoms with Crippen LogP contribution in [0.5, 0.6) is 5.75 Å². The van der Waals surface area contributed by atoms with Crippen LogP contribution >= 0.6 is 0 Å². The first-order chi connectivity index (χ1) is 14.9. The molecule has 1 N–H and O–H groups in total. The summed E-state index contributed by atoms with van der Waals surface area (Å²) in [5.74, 6) is -0.725. The van der Waals surface area contributed by atoms with Crippen LogP contribution in [0, 0.1) is 10.8 Å². The zero-order valence-corrected chi connectivity index (χ0v) is 19.0. The Morgan fingerprint density at radius 3 is 2.50 bits per heavy atom. The van der Waals surface area contributed by atoms with E-state index in [1.54, 1.807) is 30.1 Å². The summed E-state index contributed by atoms with van der Waals surface area (Å²) in [6.45, 7) is 7.07. The fourth-order valence-corrected chi connectivity index (χ4v) is 5.85. The van der Waals surface area contributed by atoms with Gasteiger partial charge in [0.05, 0.1) is 0 Å². The third-order valence-corrected chi connectivity index (χ3v) is 8.28. The third kappa shape index (κ3) is 2.88. The van der Waals surface area contributed by atoms with Crippen molar-refractivity contribution < 1.29 is 23.9 Å². The van der Waals surface area contributed by atoms with E-state index in [2.05, 4.69) is 26.1 Å². The number of hydrogen-bond donors (Lipinski definition) is 1. The lowest BCUT2D eigenvalue weighted by Crippen LogP contribution is -2.78. The van der Waals surface area contributed by atoms with Crippen molar-refractivity contribution in [2.75, 3.05) is 7.05 Å². The molecule has 3 saturated carbocycles. The molecule has 170 valence electrons. The van der Waals surface area contributed by atoms with E-state index in [4.69, 9.17) is 4.74 Å². The van der Waals surface area contributed by atoms with Crippen molar-refractivity contribution in [3.63, 3.8) is 0 Å². The Labute approximate surface area is 187 Å². The van der Waals surface area contributed by atoms with E-state index in [0.717, 1.165) is 24.8 Å². The molecule has 0 aromatic heterocycles. The van der Waals surface area contributed by atoms with Gasteiger partial charge < -0.3 is 14.5 Å². The second-order valence-corrected chi connectivity index (χ2v) is 10.9. The second kappa shape index (κ2) is 6.56. The summed E-state index contributed by atoms with van der Waals surface area (Å²) in [5, 5.41) is 2.30.